The summed E-state index contributed by atoms with van der Waals surface area (Å²) in [6.07, 6.45) is 0. The molecule has 3 nitrogen and oxygen atoms in total. The molecule has 0 aliphatic rings. The summed E-state index contributed by atoms with van der Waals surface area (Å²) in [6.45, 7) is 0. The zero-order valence-corrected chi connectivity index (χ0v) is 16.2. The molecule has 1 aromatic heterocycles. The lowest BCUT2D eigenvalue weighted by Gasteiger charge is -2.05. The Labute approximate surface area is 173 Å². The molecule has 1 N–H and O–H groups in total. The summed E-state index contributed by atoms with van der Waals surface area (Å²) in [7, 11) is 0. The Kier molecular flexibility index (Phi) is 3.78. The normalized spacial score (nSPS) is 11.3. The number of H-pyrrole nitrogens is 1. The number of hydrogen-bond acceptors (Lipinski definition) is 2. The van der Waals surface area contributed by atoms with Crippen LogP contribution in [0.15, 0.2) is 103 Å². The van der Waals surface area contributed by atoms with Gasteiger partial charge in [-0.15, -0.1) is 0 Å². The predicted octanol–water partition coefficient (Wildman–Crippen LogP) is 7.33. The van der Waals surface area contributed by atoms with E-state index >= 15 is 0 Å². The summed E-state index contributed by atoms with van der Waals surface area (Å²) in [5.41, 5.74) is 3.10. The Hall–Kier alpha value is -4.11. The fraction of sp³-hybridized carbons (Fsp3) is 0. The highest BCUT2D eigenvalue weighted by atomic mass is 16.5. The Morgan fingerprint density at radius 3 is 1.83 bits per heavy atom. The van der Waals surface area contributed by atoms with Gasteiger partial charge < -0.3 is 9.72 Å². The van der Waals surface area contributed by atoms with Crippen molar-refractivity contribution >= 4 is 32.6 Å². The summed E-state index contributed by atoms with van der Waals surface area (Å²) < 4.78 is 5.91. The van der Waals surface area contributed by atoms with Crippen molar-refractivity contribution in [1.82, 2.24) is 9.97 Å². The number of aromatic nitrogens is 2. The van der Waals surface area contributed by atoms with Crippen LogP contribution < -0.4 is 4.74 Å². The summed E-state index contributed by atoms with van der Waals surface area (Å²) >= 11 is 0. The second-order valence-corrected chi connectivity index (χ2v) is 7.34. The van der Waals surface area contributed by atoms with Crippen molar-refractivity contribution in [2.24, 2.45) is 0 Å². The van der Waals surface area contributed by atoms with Gasteiger partial charge in [0.2, 0.25) is 0 Å². The van der Waals surface area contributed by atoms with Gasteiger partial charge in [-0.1, -0.05) is 66.7 Å². The number of rotatable bonds is 3. The molecule has 0 amide bonds. The molecule has 0 aliphatic carbocycles. The first-order chi connectivity index (χ1) is 14.9. The van der Waals surface area contributed by atoms with Gasteiger partial charge in [0.25, 0.3) is 0 Å². The van der Waals surface area contributed by atoms with E-state index in [4.69, 9.17) is 9.72 Å². The molecule has 0 saturated heterocycles. The molecule has 1 heterocycles. The van der Waals surface area contributed by atoms with Crippen molar-refractivity contribution < 1.29 is 4.74 Å². The number of benzene rings is 5. The van der Waals surface area contributed by atoms with Crippen molar-refractivity contribution in [1.29, 1.82) is 0 Å². The molecule has 0 fully saturated rings. The van der Waals surface area contributed by atoms with E-state index in [1.807, 2.05) is 54.6 Å². The van der Waals surface area contributed by atoms with Gasteiger partial charge >= 0.3 is 0 Å². The van der Waals surface area contributed by atoms with Gasteiger partial charge in [-0.2, -0.15) is 0 Å². The van der Waals surface area contributed by atoms with E-state index in [9.17, 15) is 0 Å². The van der Waals surface area contributed by atoms with Crippen molar-refractivity contribution in [3.63, 3.8) is 0 Å². The monoisotopic (exact) mass is 386 g/mol. The van der Waals surface area contributed by atoms with Crippen LogP contribution in [0.25, 0.3) is 44.0 Å². The highest BCUT2D eigenvalue weighted by molar-refractivity contribution is 6.23. The van der Waals surface area contributed by atoms with Crippen LogP contribution in [0, 0.1) is 0 Å². The minimum Gasteiger partial charge on any atom is -0.457 e. The molecule has 0 unspecified atom stereocenters. The maximum absolute atomic E-state index is 5.91. The standard InChI is InChI=1S/C27H18N2O/c1-2-8-19(9-3-1)30-20-16-14-18(15-17-20)27-28-25-23-12-6-4-10-21(23)22-11-5-7-13-24(22)26(25)29-27/h1-17H,(H,28,29). The van der Waals surface area contributed by atoms with Crippen LogP contribution in [0.3, 0.4) is 0 Å². The van der Waals surface area contributed by atoms with Gasteiger partial charge in [-0.05, 0) is 47.2 Å². The lowest BCUT2D eigenvalue weighted by Crippen LogP contribution is -1.85. The van der Waals surface area contributed by atoms with Gasteiger partial charge in [-0.3, -0.25) is 0 Å². The van der Waals surface area contributed by atoms with Crippen LogP contribution in [0.2, 0.25) is 0 Å². The number of fused-ring (bicyclic) bond motifs is 6. The topological polar surface area (TPSA) is 37.9 Å². The average Bonchev–Trinajstić information content (AvgIpc) is 3.26. The Morgan fingerprint density at radius 2 is 1.10 bits per heavy atom. The SMILES string of the molecule is c1ccc(Oc2ccc(-c3nc4c5ccccc5c5ccccc5c4[nH]3)cc2)cc1. The molecule has 0 spiro atoms. The molecule has 6 aromatic rings. The average molecular weight is 386 g/mol. The van der Waals surface area contributed by atoms with Gasteiger partial charge in [-0.25, -0.2) is 4.98 Å². The van der Waals surface area contributed by atoms with E-state index < -0.39 is 0 Å². The third-order valence-corrected chi connectivity index (χ3v) is 5.48. The zero-order chi connectivity index (χ0) is 19.9. The molecule has 0 atom stereocenters. The molecule has 0 aliphatic heterocycles. The fourth-order valence-electron chi connectivity index (χ4n) is 4.07. The first-order valence-corrected chi connectivity index (χ1v) is 9.99. The summed E-state index contributed by atoms with van der Waals surface area (Å²) in [5, 5.41) is 4.82. The van der Waals surface area contributed by atoms with E-state index in [1.165, 1.54) is 16.2 Å². The molecular formula is C27H18N2O. The minimum atomic E-state index is 0.803. The van der Waals surface area contributed by atoms with Crippen LogP contribution in [-0.4, -0.2) is 9.97 Å². The maximum Gasteiger partial charge on any atom is 0.138 e. The molecule has 6 rings (SSSR count). The van der Waals surface area contributed by atoms with E-state index in [1.54, 1.807) is 0 Å². The number of aromatic amines is 1. The third kappa shape index (κ3) is 2.72. The maximum atomic E-state index is 5.91. The quantitative estimate of drug-likeness (QED) is 0.323. The van der Waals surface area contributed by atoms with Gasteiger partial charge in [0.05, 0.1) is 11.0 Å². The summed E-state index contributed by atoms with van der Waals surface area (Å²) in [6, 6.07) is 34.8. The van der Waals surface area contributed by atoms with Crippen LogP contribution in [0.4, 0.5) is 0 Å². The lowest BCUT2D eigenvalue weighted by molar-refractivity contribution is 0.483. The molecule has 0 bridgehead atoms. The van der Waals surface area contributed by atoms with E-state index in [0.29, 0.717) is 0 Å². The molecule has 0 radical (unpaired) electrons. The number of nitrogens with zero attached hydrogens (tertiary/aromatic N) is 1. The van der Waals surface area contributed by atoms with Crippen LogP contribution in [-0.2, 0) is 0 Å². The molecule has 30 heavy (non-hydrogen) atoms. The summed E-state index contributed by atoms with van der Waals surface area (Å²) in [4.78, 5) is 8.54. The number of hydrogen-bond donors (Lipinski definition) is 1. The first kappa shape index (κ1) is 16.8. The Morgan fingerprint density at radius 1 is 0.533 bits per heavy atom. The number of nitrogens with one attached hydrogen (secondary N) is 1. The second kappa shape index (κ2) is 6.75. The molecule has 5 aromatic carbocycles. The van der Waals surface area contributed by atoms with Gasteiger partial charge in [0, 0.05) is 16.3 Å². The molecule has 3 heteroatoms. The van der Waals surface area contributed by atoms with Crippen molar-refractivity contribution in [3.8, 4) is 22.9 Å². The van der Waals surface area contributed by atoms with E-state index in [0.717, 1.165) is 39.3 Å². The lowest BCUT2D eigenvalue weighted by atomic mass is 10.0. The van der Waals surface area contributed by atoms with Crippen LogP contribution >= 0.6 is 0 Å². The van der Waals surface area contributed by atoms with Crippen molar-refractivity contribution in [3.05, 3.63) is 103 Å². The number of imidazole rings is 1. The Balaban J connectivity index is 1.47. The van der Waals surface area contributed by atoms with E-state index in [-0.39, 0.29) is 0 Å². The zero-order valence-electron chi connectivity index (χ0n) is 16.2. The largest absolute Gasteiger partial charge is 0.457 e. The van der Waals surface area contributed by atoms with E-state index in [2.05, 4.69) is 53.5 Å². The highest BCUT2D eigenvalue weighted by Gasteiger charge is 2.13. The smallest absolute Gasteiger partial charge is 0.138 e. The number of para-hydroxylation sites is 1. The highest BCUT2D eigenvalue weighted by Crippen LogP contribution is 2.35. The number of ether oxygens (including phenoxy) is 1. The second-order valence-electron chi connectivity index (χ2n) is 7.34. The van der Waals surface area contributed by atoms with Crippen LogP contribution in [0.5, 0.6) is 11.5 Å². The van der Waals surface area contributed by atoms with Crippen molar-refractivity contribution in [2.45, 2.75) is 0 Å². The van der Waals surface area contributed by atoms with Crippen molar-refractivity contribution in [2.75, 3.05) is 0 Å². The molecular weight excluding hydrogens is 368 g/mol. The first-order valence-electron chi connectivity index (χ1n) is 9.99. The van der Waals surface area contributed by atoms with Crippen LogP contribution in [0.1, 0.15) is 0 Å². The van der Waals surface area contributed by atoms with Gasteiger partial charge in [0.15, 0.2) is 0 Å². The minimum absolute atomic E-state index is 0.803. The third-order valence-electron chi connectivity index (χ3n) is 5.48. The fourth-order valence-corrected chi connectivity index (χ4v) is 4.07. The Bertz CT molecular complexity index is 1430. The van der Waals surface area contributed by atoms with Gasteiger partial charge in [0.1, 0.15) is 17.3 Å². The summed E-state index contributed by atoms with van der Waals surface area (Å²) in [5.74, 6) is 2.49. The molecule has 142 valence electrons. The molecule has 0 saturated carbocycles. The predicted molar refractivity (Wildman–Crippen MR) is 123 cm³/mol.